The molecule has 0 spiro atoms. The van der Waals surface area contributed by atoms with Crippen molar-refractivity contribution in [2.24, 2.45) is 17.3 Å². The second kappa shape index (κ2) is 3.71. The van der Waals surface area contributed by atoms with Gasteiger partial charge in [-0.25, -0.2) is 0 Å². The van der Waals surface area contributed by atoms with Crippen LogP contribution < -0.4 is 0 Å². The van der Waals surface area contributed by atoms with Crippen molar-refractivity contribution in [1.82, 2.24) is 0 Å². The van der Waals surface area contributed by atoms with E-state index in [1.54, 1.807) is 0 Å². The summed E-state index contributed by atoms with van der Waals surface area (Å²) in [6.07, 6.45) is 11.5. The lowest BCUT2D eigenvalue weighted by atomic mass is 9.68. The lowest BCUT2D eigenvalue weighted by Gasteiger charge is -2.34. The Balaban J connectivity index is 2.22. The number of esters is 1. The summed E-state index contributed by atoms with van der Waals surface area (Å²) in [6.45, 7) is 4.27. The number of methoxy groups -OCH3 is 1. The van der Waals surface area contributed by atoms with E-state index in [0.29, 0.717) is 0 Å². The predicted molar refractivity (Wildman–Crippen MR) is 70.8 cm³/mol. The number of hydrogen-bond donors (Lipinski definition) is 0. The summed E-state index contributed by atoms with van der Waals surface area (Å²) < 4.78 is 5.12. The highest BCUT2D eigenvalue weighted by Crippen LogP contribution is 2.62. The van der Waals surface area contributed by atoms with Gasteiger partial charge in [0.05, 0.1) is 7.11 Å². The maximum atomic E-state index is 12.4. The van der Waals surface area contributed by atoms with E-state index in [0.717, 1.165) is 6.42 Å². The molecule has 0 amide bonds. The summed E-state index contributed by atoms with van der Waals surface area (Å²) in [5.41, 5.74) is 3.37. The fraction of sp³-hybridized carbons (Fsp3) is 0.438. The average molecular weight is 242 g/mol. The molecule has 0 saturated heterocycles. The van der Waals surface area contributed by atoms with E-state index >= 15 is 0 Å². The van der Waals surface area contributed by atoms with Crippen molar-refractivity contribution in [3.8, 4) is 0 Å². The number of carbonyl (C=O) groups is 1. The van der Waals surface area contributed by atoms with Gasteiger partial charge < -0.3 is 4.74 Å². The van der Waals surface area contributed by atoms with Gasteiger partial charge in [-0.1, -0.05) is 44.2 Å². The molecule has 0 N–H and O–H groups in total. The Labute approximate surface area is 108 Å². The number of rotatable bonds is 1. The van der Waals surface area contributed by atoms with Gasteiger partial charge in [-0.2, -0.15) is 0 Å². The van der Waals surface area contributed by atoms with Crippen LogP contribution in [0.15, 0.2) is 47.1 Å². The molecule has 3 aliphatic carbocycles. The molecule has 2 bridgehead atoms. The molecule has 1 unspecified atom stereocenters. The van der Waals surface area contributed by atoms with Crippen LogP contribution in [-0.4, -0.2) is 13.1 Å². The van der Waals surface area contributed by atoms with Crippen molar-refractivity contribution < 1.29 is 9.53 Å². The van der Waals surface area contributed by atoms with Crippen molar-refractivity contribution in [1.29, 1.82) is 0 Å². The normalized spacial score (nSPS) is 36.5. The minimum Gasteiger partial charge on any atom is -0.468 e. The van der Waals surface area contributed by atoms with E-state index in [1.165, 1.54) is 23.8 Å². The van der Waals surface area contributed by atoms with Crippen LogP contribution in [0.1, 0.15) is 20.3 Å². The second-order valence-corrected chi connectivity index (χ2v) is 5.38. The standard InChI is InChI=1S/C16H18O2/c1-10-9-13-11(2)16(10,15(17)18-3)14-8-6-4-5-7-12(13)14/h4-6,8-11H,7H2,1-3H3/t10-,11?,16+/m1/s1. The highest BCUT2D eigenvalue weighted by atomic mass is 16.5. The highest BCUT2D eigenvalue weighted by molar-refractivity contribution is 5.88. The summed E-state index contributed by atoms with van der Waals surface area (Å²) in [6, 6.07) is 0. The van der Waals surface area contributed by atoms with Gasteiger partial charge in [-0.15, -0.1) is 0 Å². The zero-order valence-corrected chi connectivity index (χ0v) is 11.1. The molecule has 3 atom stereocenters. The Hall–Kier alpha value is -1.57. The van der Waals surface area contributed by atoms with Crippen LogP contribution in [0.5, 0.6) is 0 Å². The molecule has 94 valence electrons. The number of carbonyl (C=O) groups excluding carboxylic acids is 1. The van der Waals surface area contributed by atoms with Gasteiger partial charge in [-0.3, -0.25) is 4.79 Å². The van der Waals surface area contributed by atoms with Crippen molar-refractivity contribution in [2.45, 2.75) is 20.3 Å². The summed E-state index contributed by atoms with van der Waals surface area (Å²) >= 11 is 0. The van der Waals surface area contributed by atoms with Crippen LogP contribution in [-0.2, 0) is 9.53 Å². The van der Waals surface area contributed by atoms with Gasteiger partial charge in [0.2, 0.25) is 0 Å². The quantitative estimate of drug-likeness (QED) is 0.660. The van der Waals surface area contributed by atoms with Crippen molar-refractivity contribution in [3.63, 3.8) is 0 Å². The molecule has 0 aromatic carbocycles. The Morgan fingerprint density at radius 2 is 2.17 bits per heavy atom. The van der Waals surface area contributed by atoms with Crippen LogP contribution in [0.3, 0.4) is 0 Å². The third kappa shape index (κ3) is 1.11. The van der Waals surface area contributed by atoms with Crippen molar-refractivity contribution >= 4 is 5.97 Å². The van der Waals surface area contributed by atoms with Gasteiger partial charge in [0.25, 0.3) is 0 Å². The fourth-order valence-corrected chi connectivity index (χ4v) is 3.95. The number of ether oxygens (including phenoxy) is 1. The van der Waals surface area contributed by atoms with E-state index in [4.69, 9.17) is 4.74 Å². The van der Waals surface area contributed by atoms with E-state index in [9.17, 15) is 4.79 Å². The maximum Gasteiger partial charge on any atom is 0.317 e. The van der Waals surface area contributed by atoms with Crippen molar-refractivity contribution in [2.75, 3.05) is 7.11 Å². The number of hydrogen-bond acceptors (Lipinski definition) is 2. The Bertz CT molecular complexity index is 533. The Morgan fingerprint density at radius 1 is 1.39 bits per heavy atom. The van der Waals surface area contributed by atoms with Crippen LogP contribution in [0.4, 0.5) is 0 Å². The predicted octanol–water partition coefficient (Wildman–Crippen LogP) is 3.18. The molecule has 0 aromatic rings. The van der Waals surface area contributed by atoms with Crippen molar-refractivity contribution in [3.05, 3.63) is 47.1 Å². The lowest BCUT2D eigenvalue weighted by molar-refractivity contribution is -0.153. The van der Waals surface area contributed by atoms with Crippen LogP contribution in [0.25, 0.3) is 0 Å². The van der Waals surface area contributed by atoms with Gasteiger partial charge >= 0.3 is 5.97 Å². The molecule has 0 aromatic heterocycles. The first-order valence-electron chi connectivity index (χ1n) is 6.51. The van der Waals surface area contributed by atoms with Gasteiger partial charge in [-0.05, 0) is 29.1 Å². The van der Waals surface area contributed by atoms with Gasteiger partial charge in [0.1, 0.15) is 5.41 Å². The van der Waals surface area contributed by atoms with E-state index in [1.807, 2.05) is 6.08 Å². The molecule has 3 aliphatic rings. The molecular formula is C16H18O2. The molecule has 0 fully saturated rings. The first-order chi connectivity index (χ1) is 8.64. The minimum absolute atomic E-state index is 0.0923. The monoisotopic (exact) mass is 242 g/mol. The van der Waals surface area contributed by atoms with E-state index in [2.05, 4.69) is 38.2 Å². The molecule has 3 rings (SSSR count). The Kier molecular flexibility index (Phi) is 2.37. The summed E-state index contributed by atoms with van der Waals surface area (Å²) in [5, 5.41) is 0. The van der Waals surface area contributed by atoms with Gasteiger partial charge in [0, 0.05) is 5.92 Å². The van der Waals surface area contributed by atoms with E-state index in [-0.39, 0.29) is 17.8 Å². The molecule has 0 aliphatic heterocycles. The van der Waals surface area contributed by atoms with Gasteiger partial charge in [0.15, 0.2) is 0 Å². The molecule has 2 nitrogen and oxygen atoms in total. The topological polar surface area (TPSA) is 26.3 Å². The summed E-state index contributed by atoms with van der Waals surface area (Å²) in [5.74, 6) is 0.364. The average Bonchev–Trinajstić information content (AvgIpc) is 2.64. The van der Waals surface area contributed by atoms with Crippen LogP contribution in [0, 0.1) is 17.3 Å². The third-order valence-corrected chi connectivity index (χ3v) is 4.77. The molecule has 2 heteroatoms. The fourth-order valence-electron chi connectivity index (χ4n) is 3.95. The molecule has 0 heterocycles. The third-order valence-electron chi connectivity index (χ3n) is 4.77. The zero-order chi connectivity index (χ0) is 12.9. The maximum absolute atomic E-state index is 12.4. The summed E-state index contributed by atoms with van der Waals surface area (Å²) in [4.78, 5) is 12.4. The lowest BCUT2D eigenvalue weighted by Crippen LogP contribution is -2.40. The largest absolute Gasteiger partial charge is 0.468 e. The number of allylic oxidation sites excluding steroid dienone is 7. The first-order valence-corrected chi connectivity index (χ1v) is 6.51. The minimum atomic E-state index is -0.484. The molecule has 0 radical (unpaired) electrons. The zero-order valence-electron chi connectivity index (χ0n) is 11.1. The first kappa shape index (κ1) is 11.5. The van der Waals surface area contributed by atoms with Crippen LogP contribution >= 0.6 is 0 Å². The highest BCUT2D eigenvalue weighted by Gasteiger charge is 2.60. The second-order valence-electron chi connectivity index (χ2n) is 5.38. The molecular weight excluding hydrogens is 224 g/mol. The summed E-state index contributed by atoms with van der Waals surface area (Å²) in [7, 11) is 1.49. The molecule has 0 saturated carbocycles. The Morgan fingerprint density at radius 3 is 2.89 bits per heavy atom. The van der Waals surface area contributed by atoms with E-state index < -0.39 is 5.41 Å². The number of fused-ring (bicyclic) bond motifs is 4. The SMILES string of the molecule is COC(=O)[C@@]12C3=C(CC=CC=C3)C(=C[C@H]1C)C2C. The molecule has 18 heavy (non-hydrogen) atoms. The van der Waals surface area contributed by atoms with Crippen LogP contribution in [0.2, 0.25) is 0 Å². The smallest absolute Gasteiger partial charge is 0.317 e.